The number of imide groups is 1. The van der Waals surface area contributed by atoms with Gasteiger partial charge in [-0.15, -0.1) is 0 Å². The minimum absolute atomic E-state index is 0.0626. The first kappa shape index (κ1) is 27.9. The monoisotopic (exact) mass is 568 g/mol. The first-order chi connectivity index (χ1) is 18.7. The van der Waals surface area contributed by atoms with Crippen LogP contribution < -0.4 is 10.1 Å². The number of anilines is 1. The summed E-state index contributed by atoms with van der Waals surface area (Å²) in [6.07, 6.45) is 1.54. The first-order valence-corrected chi connectivity index (χ1v) is 12.9. The van der Waals surface area contributed by atoms with E-state index in [0.717, 1.165) is 16.7 Å². The largest absolute Gasteiger partial charge is 0.489 e. The summed E-state index contributed by atoms with van der Waals surface area (Å²) < 4.78 is 24.3. The van der Waals surface area contributed by atoms with Crippen molar-refractivity contribution in [1.29, 1.82) is 0 Å². The van der Waals surface area contributed by atoms with E-state index in [9.17, 15) is 23.6 Å². The Kier molecular flexibility index (Phi) is 9.00. The Bertz CT molecular complexity index is 1460. The number of ether oxygens (including phenoxy) is 2. The fourth-order valence-electron chi connectivity index (χ4n) is 3.54. The van der Waals surface area contributed by atoms with Crippen LogP contribution in [-0.4, -0.2) is 41.1 Å². The van der Waals surface area contributed by atoms with Gasteiger partial charge in [0.25, 0.3) is 11.1 Å². The Morgan fingerprint density at radius 2 is 1.82 bits per heavy atom. The van der Waals surface area contributed by atoms with E-state index in [2.05, 4.69) is 5.32 Å². The highest BCUT2D eigenvalue weighted by atomic mass is 35.5. The molecular weight excluding hydrogens is 547 g/mol. The molecule has 200 valence electrons. The van der Waals surface area contributed by atoms with Crippen molar-refractivity contribution in [1.82, 2.24) is 4.90 Å². The number of esters is 1. The molecule has 4 rings (SSSR count). The molecule has 0 saturated carbocycles. The number of hydrogen-bond acceptors (Lipinski definition) is 7. The van der Waals surface area contributed by atoms with Gasteiger partial charge in [-0.25, -0.2) is 9.18 Å². The fourth-order valence-corrected chi connectivity index (χ4v) is 4.57. The molecular formula is C28H22ClFN2O6S. The Morgan fingerprint density at radius 1 is 1.08 bits per heavy atom. The van der Waals surface area contributed by atoms with Crippen molar-refractivity contribution in [2.75, 3.05) is 18.5 Å². The number of amides is 3. The molecule has 3 amide bonds. The Morgan fingerprint density at radius 3 is 2.54 bits per heavy atom. The van der Waals surface area contributed by atoms with E-state index in [4.69, 9.17) is 21.1 Å². The zero-order valence-corrected chi connectivity index (χ0v) is 22.2. The molecule has 1 saturated heterocycles. The second-order valence-electron chi connectivity index (χ2n) is 8.18. The Labute approximate surface area is 232 Å². The molecule has 1 heterocycles. The summed E-state index contributed by atoms with van der Waals surface area (Å²) in [5.74, 6) is -1.73. The number of hydrogen-bond donors (Lipinski definition) is 1. The Balaban J connectivity index is 1.36. The predicted octanol–water partition coefficient (Wildman–Crippen LogP) is 5.91. The number of nitrogens with zero attached hydrogens (tertiary/aromatic N) is 1. The summed E-state index contributed by atoms with van der Waals surface area (Å²) in [7, 11) is 0. The van der Waals surface area contributed by atoms with Gasteiger partial charge in [-0.1, -0.05) is 41.9 Å². The standard InChI is InChI=1S/C28H22ClFN2O6S/c1-2-37-27(35)21-14-19(9-12-22(21)29)31-25(33)15-32-26(34)24(39-28(32)36)13-17-7-10-20(11-8-17)38-16-18-5-3-4-6-23(18)30/h3-14H,2,15-16H2,1H3,(H,31,33)/b24-13+. The van der Waals surface area contributed by atoms with Gasteiger partial charge in [0.2, 0.25) is 5.91 Å². The maximum atomic E-state index is 13.8. The van der Waals surface area contributed by atoms with E-state index < -0.39 is 29.6 Å². The van der Waals surface area contributed by atoms with E-state index in [0.29, 0.717) is 16.9 Å². The van der Waals surface area contributed by atoms with Crippen molar-refractivity contribution >= 4 is 58.1 Å². The molecule has 0 spiro atoms. The van der Waals surface area contributed by atoms with Crippen LogP contribution >= 0.6 is 23.4 Å². The normalized spacial score (nSPS) is 14.0. The third kappa shape index (κ3) is 7.04. The maximum Gasteiger partial charge on any atom is 0.339 e. The lowest BCUT2D eigenvalue weighted by atomic mass is 10.2. The third-order valence-electron chi connectivity index (χ3n) is 5.45. The summed E-state index contributed by atoms with van der Waals surface area (Å²) in [5.41, 5.74) is 1.40. The summed E-state index contributed by atoms with van der Waals surface area (Å²) >= 11 is 6.76. The minimum Gasteiger partial charge on any atom is -0.489 e. The van der Waals surface area contributed by atoms with Gasteiger partial charge < -0.3 is 14.8 Å². The molecule has 3 aromatic rings. The van der Waals surface area contributed by atoms with Crippen LogP contribution in [-0.2, 0) is 20.9 Å². The molecule has 0 aliphatic carbocycles. The molecule has 0 atom stereocenters. The number of benzene rings is 3. The van der Waals surface area contributed by atoms with E-state index in [1.807, 2.05) is 0 Å². The van der Waals surface area contributed by atoms with Crippen molar-refractivity contribution < 1.29 is 33.0 Å². The van der Waals surface area contributed by atoms with Gasteiger partial charge in [-0.3, -0.25) is 19.3 Å². The third-order valence-corrected chi connectivity index (χ3v) is 6.69. The number of rotatable bonds is 9. The molecule has 1 aliphatic heterocycles. The number of carbonyl (C=O) groups excluding carboxylic acids is 4. The predicted molar refractivity (Wildman–Crippen MR) is 146 cm³/mol. The van der Waals surface area contributed by atoms with Gasteiger partial charge in [-0.2, -0.15) is 0 Å². The number of nitrogens with one attached hydrogen (secondary N) is 1. The van der Waals surface area contributed by atoms with E-state index in [1.54, 1.807) is 49.4 Å². The molecule has 1 N–H and O–H groups in total. The van der Waals surface area contributed by atoms with Crippen LogP contribution in [0.4, 0.5) is 14.9 Å². The maximum absolute atomic E-state index is 13.8. The van der Waals surface area contributed by atoms with Crippen LogP contribution in [0.5, 0.6) is 5.75 Å². The van der Waals surface area contributed by atoms with Crippen molar-refractivity contribution in [3.05, 3.63) is 99.2 Å². The van der Waals surface area contributed by atoms with Crippen molar-refractivity contribution in [3.8, 4) is 5.75 Å². The van der Waals surface area contributed by atoms with Crippen LogP contribution in [0.1, 0.15) is 28.4 Å². The zero-order valence-electron chi connectivity index (χ0n) is 20.6. The molecule has 39 heavy (non-hydrogen) atoms. The summed E-state index contributed by atoms with van der Waals surface area (Å²) in [6.45, 7) is 1.36. The smallest absolute Gasteiger partial charge is 0.339 e. The number of carbonyl (C=O) groups is 4. The highest BCUT2D eigenvalue weighted by Crippen LogP contribution is 2.32. The molecule has 0 unspecified atom stereocenters. The minimum atomic E-state index is -0.639. The van der Waals surface area contributed by atoms with Crippen molar-refractivity contribution in [3.63, 3.8) is 0 Å². The van der Waals surface area contributed by atoms with Crippen LogP contribution in [0.2, 0.25) is 5.02 Å². The lowest BCUT2D eigenvalue weighted by Gasteiger charge is -2.13. The van der Waals surface area contributed by atoms with Gasteiger partial charge in [0, 0.05) is 11.3 Å². The van der Waals surface area contributed by atoms with E-state index in [1.165, 1.54) is 30.3 Å². The summed E-state index contributed by atoms with van der Waals surface area (Å²) in [5, 5.41) is 2.13. The van der Waals surface area contributed by atoms with Crippen LogP contribution in [0.3, 0.4) is 0 Å². The van der Waals surface area contributed by atoms with Crippen LogP contribution in [0.25, 0.3) is 6.08 Å². The van der Waals surface area contributed by atoms with Gasteiger partial charge in [0.05, 0.1) is 22.1 Å². The van der Waals surface area contributed by atoms with Gasteiger partial charge in [-0.05, 0) is 66.7 Å². The van der Waals surface area contributed by atoms with E-state index >= 15 is 0 Å². The average molecular weight is 569 g/mol. The Hall–Kier alpha value is -4.15. The summed E-state index contributed by atoms with van der Waals surface area (Å²) in [4.78, 5) is 50.9. The molecule has 0 aromatic heterocycles. The first-order valence-electron chi connectivity index (χ1n) is 11.7. The molecule has 11 heteroatoms. The van der Waals surface area contributed by atoms with Crippen LogP contribution in [0, 0.1) is 5.82 Å². The average Bonchev–Trinajstić information content (AvgIpc) is 3.17. The van der Waals surface area contributed by atoms with Gasteiger partial charge in [0.15, 0.2) is 0 Å². The lowest BCUT2D eigenvalue weighted by molar-refractivity contribution is -0.127. The molecule has 1 fully saturated rings. The van der Waals surface area contributed by atoms with E-state index in [-0.39, 0.29) is 40.2 Å². The van der Waals surface area contributed by atoms with Crippen molar-refractivity contribution in [2.24, 2.45) is 0 Å². The van der Waals surface area contributed by atoms with Crippen LogP contribution in [0.15, 0.2) is 71.6 Å². The second kappa shape index (κ2) is 12.6. The fraction of sp³-hybridized carbons (Fsp3) is 0.143. The molecule has 0 radical (unpaired) electrons. The lowest BCUT2D eigenvalue weighted by Crippen LogP contribution is -2.36. The molecule has 3 aromatic carbocycles. The molecule has 8 nitrogen and oxygen atoms in total. The quantitative estimate of drug-likeness (QED) is 0.253. The number of thioether (sulfide) groups is 1. The molecule has 1 aliphatic rings. The zero-order chi connectivity index (χ0) is 27.9. The topological polar surface area (TPSA) is 102 Å². The highest BCUT2D eigenvalue weighted by Gasteiger charge is 2.36. The highest BCUT2D eigenvalue weighted by molar-refractivity contribution is 8.18. The SMILES string of the molecule is CCOC(=O)c1cc(NC(=O)CN2C(=O)S/C(=C/c3ccc(OCc4ccccc4F)cc3)C2=O)ccc1Cl. The number of halogens is 2. The second-order valence-corrected chi connectivity index (χ2v) is 9.58. The van der Waals surface area contributed by atoms with Gasteiger partial charge in [0.1, 0.15) is 24.7 Å². The van der Waals surface area contributed by atoms with Crippen molar-refractivity contribution in [2.45, 2.75) is 13.5 Å². The summed E-state index contributed by atoms with van der Waals surface area (Å²) in [6, 6.07) is 17.3. The molecule has 0 bridgehead atoms. The van der Waals surface area contributed by atoms with Gasteiger partial charge >= 0.3 is 5.97 Å².